The SMILES string of the molecule is CC(C)CC(NC(=O)C(Cc1cnc[nH]1)NC(=O)C(N)CC(N)=O)C(=O)NC(CO)C(=O)O. The fraction of sp³-hybridized carbons (Fsp3) is 0.579. The number of primary amides is 1. The summed E-state index contributed by atoms with van der Waals surface area (Å²) in [5.74, 6) is -4.66. The summed E-state index contributed by atoms with van der Waals surface area (Å²) in [6.07, 6.45) is 2.50. The summed E-state index contributed by atoms with van der Waals surface area (Å²) in [5.41, 5.74) is 11.2. The van der Waals surface area contributed by atoms with E-state index in [0.717, 1.165) is 0 Å². The molecule has 0 radical (unpaired) electrons. The van der Waals surface area contributed by atoms with Crippen LogP contribution in [0.25, 0.3) is 0 Å². The Kier molecular flexibility index (Phi) is 10.9. The normalized spacial score (nSPS) is 14.6. The maximum atomic E-state index is 13.0. The number of aromatic amines is 1. The molecule has 14 heteroatoms. The first-order valence-corrected chi connectivity index (χ1v) is 10.2. The number of rotatable bonds is 14. The first kappa shape index (κ1) is 27.5. The number of nitrogens with zero attached hydrogens (tertiary/aromatic N) is 1. The van der Waals surface area contributed by atoms with E-state index in [2.05, 4.69) is 25.9 Å². The summed E-state index contributed by atoms with van der Waals surface area (Å²) >= 11 is 0. The molecule has 0 saturated heterocycles. The van der Waals surface area contributed by atoms with Crippen molar-refractivity contribution in [3.63, 3.8) is 0 Å². The van der Waals surface area contributed by atoms with E-state index in [9.17, 15) is 24.0 Å². The van der Waals surface area contributed by atoms with Gasteiger partial charge in [0.05, 0.1) is 25.4 Å². The van der Waals surface area contributed by atoms with Gasteiger partial charge in [-0.25, -0.2) is 9.78 Å². The van der Waals surface area contributed by atoms with Gasteiger partial charge in [0, 0.05) is 18.3 Å². The number of amides is 4. The molecule has 0 spiro atoms. The monoisotopic (exact) mass is 469 g/mol. The predicted molar refractivity (Wildman–Crippen MR) is 114 cm³/mol. The third-order valence-electron chi connectivity index (χ3n) is 4.51. The van der Waals surface area contributed by atoms with E-state index in [4.69, 9.17) is 21.7 Å². The minimum atomic E-state index is -1.55. The molecular weight excluding hydrogens is 438 g/mol. The van der Waals surface area contributed by atoms with Crippen LogP contribution in [0.1, 0.15) is 32.4 Å². The zero-order valence-electron chi connectivity index (χ0n) is 18.4. The Morgan fingerprint density at radius 1 is 1.03 bits per heavy atom. The number of hydrogen-bond donors (Lipinski definition) is 8. The molecule has 0 saturated carbocycles. The van der Waals surface area contributed by atoms with Gasteiger partial charge in [-0.2, -0.15) is 0 Å². The summed E-state index contributed by atoms with van der Waals surface area (Å²) in [6, 6.07) is -5.18. The third kappa shape index (κ3) is 9.65. The van der Waals surface area contributed by atoms with Crippen molar-refractivity contribution in [3.8, 4) is 0 Å². The molecule has 4 atom stereocenters. The number of imidazole rings is 1. The quantitative estimate of drug-likeness (QED) is 0.136. The molecule has 1 aromatic rings. The highest BCUT2D eigenvalue weighted by Gasteiger charge is 2.31. The second-order valence-corrected chi connectivity index (χ2v) is 7.89. The standard InChI is InChI=1S/C19H31N7O7/c1-9(2)3-12(17(30)26-14(7-27)19(32)33)25-18(31)13(4-10-6-22-8-23-10)24-16(29)11(20)5-15(21)28/h6,8-9,11-14,27H,3-5,7,20H2,1-2H3,(H2,21,28)(H,22,23)(H,24,29)(H,25,31)(H,26,30)(H,32,33). The highest BCUT2D eigenvalue weighted by atomic mass is 16.4. The molecule has 0 aromatic carbocycles. The summed E-state index contributed by atoms with van der Waals surface area (Å²) < 4.78 is 0. The maximum absolute atomic E-state index is 13.0. The molecule has 10 N–H and O–H groups in total. The van der Waals surface area contributed by atoms with Crippen molar-refractivity contribution in [2.24, 2.45) is 17.4 Å². The first-order chi connectivity index (χ1) is 15.4. The van der Waals surface area contributed by atoms with Gasteiger partial charge in [-0.15, -0.1) is 0 Å². The summed E-state index contributed by atoms with van der Waals surface area (Å²) in [6.45, 7) is 2.75. The second kappa shape index (κ2) is 13.1. The van der Waals surface area contributed by atoms with Crippen molar-refractivity contribution in [1.82, 2.24) is 25.9 Å². The zero-order valence-corrected chi connectivity index (χ0v) is 18.4. The molecule has 4 amide bonds. The molecule has 184 valence electrons. The number of hydrogen-bond acceptors (Lipinski definition) is 8. The Hall–Kier alpha value is -3.52. The number of nitrogens with two attached hydrogens (primary N) is 2. The first-order valence-electron chi connectivity index (χ1n) is 10.2. The largest absolute Gasteiger partial charge is 0.480 e. The van der Waals surface area contributed by atoms with Gasteiger partial charge in [0.2, 0.25) is 23.6 Å². The lowest BCUT2D eigenvalue weighted by Crippen LogP contribution is -2.58. The molecule has 4 unspecified atom stereocenters. The van der Waals surface area contributed by atoms with Crippen molar-refractivity contribution < 1.29 is 34.2 Å². The van der Waals surface area contributed by atoms with Gasteiger partial charge in [0.1, 0.15) is 18.1 Å². The van der Waals surface area contributed by atoms with Crippen molar-refractivity contribution in [2.75, 3.05) is 6.61 Å². The zero-order chi connectivity index (χ0) is 25.1. The van der Waals surface area contributed by atoms with Gasteiger partial charge >= 0.3 is 5.97 Å². The molecule has 14 nitrogen and oxygen atoms in total. The predicted octanol–water partition coefficient (Wildman–Crippen LogP) is -3.27. The van der Waals surface area contributed by atoms with Crippen molar-refractivity contribution in [1.29, 1.82) is 0 Å². The molecule has 1 aromatic heterocycles. The molecule has 1 rings (SSSR count). The minimum absolute atomic E-state index is 0.0364. The van der Waals surface area contributed by atoms with Gasteiger partial charge in [0.15, 0.2) is 0 Å². The molecule has 0 bridgehead atoms. The topological polar surface area (TPSA) is 243 Å². The summed E-state index contributed by atoms with van der Waals surface area (Å²) in [7, 11) is 0. The number of nitrogens with one attached hydrogen (secondary N) is 4. The average molecular weight is 469 g/mol. The van der Waals surface area contributed by atoms with E-state index >= 15 is 0 Å². The van der Waals surface area contributed by atoms with Gasteiger partial charge in [0.25, 0.3) is 0 Å². The van der Waals surface area contributed by atoms with E-state index in [0.29, 0.717) is 5.69 Å². The molecule has 1 heterocycles. The molecule has 33 heavy (non-hydrogen) atoms. The molecule has 0 aliphatic carbocycles. The van der Waals surface area contributed by atoms with Gasteiger partial charge in [-0.05, 0) is 12.3 Å². The van der Waals surface area contributed by atoms with E-state index in [-0.39, 0.29) is 18.8 Å². The number of carboxylic acid groups (broad SMARTS) is 1. The van der Waals surface area contributed by atoms with Crippen LogP contribution in [0.3, 0.4) is 0 Å². The number of aliphatic hydroxyl groups is 1. The van der Waals surface area contributed by atoms with Crippen LogP contribution in [-0.2, 0) is 30.4 Å². The van der Waals surface area contributed by atoms with Crippen LogP contribution in [0.5, 0.6) is 0 Å². The summed E-state index contributed by atoms with van der Waals surface area (Å²) in [5, 5.41) is 25.3. The lowest BCUT2D eigenvalue weighted by molar-refractivity contribution is -0.143. The summed E-state index contributed by atoms with van der Waals surface area (Å²) in [4.78, 5) is 66.8. The molecule has 0 aliphatic heterocycles. The number of carbonyl (C=O) groups is 5. The number of aliphatic hydroxyl groups excluding tert-OH is 1. The average Bonchev–Trinajstić information content (AvgIpc) is 3.22. The number of aromatic nitrogens is 2. The van der Waals surface area contributed by atoms with E-state index < -0.39 is 66.8 Å². The Balaban J connectivity index is 3.03. The van der Waals surface area contributed by atoms with Crippen LogP contribution >= 0.6 is 0 Å². The Morgan fingerprint density at radius 2 is 1.61 bits per heavy atom. The van der Waals surface area contributed by atoms with E-state index in [1.807, 2.05) is 0 Å². The van der Waals surface area contributed by atoms with Gasteiger partial charge in [-0.3, -0.25) is 19.2 Å². The smallest absolute Gasteiger partial charge is 0.328 e. The van der Waals surface area contributed by atoms with Crippen LogP contribution in [0, 0.1) is 5.92 Å². The van der Waals surface area contributed by atoms with E-state index in [1.54, 1.807) is 13.8 Å². The highest BCUT2D eigenvalue weighted by Crippen LogP contribution is 2.08. The second-order valence-electron chi connectivity index (χ2n) is 7.89. The number of carboxylic acids is 1. The van der Waals surface area contributed by atoms with Crippen molar-refractivity contribution in [3.05, 3.63) is 18.2 Å². The van der Waals surface area contributed by atoms with Gasteiger partial charge < -0.3 is 42.6 Å². The maximum Gasteiger partial charge on any atom is 0.328 e. The third-order valence-corrected chi connectivity index (χ3v) is 4.51. The molecule has 0 fully saturated rings. The Bertz CT molecular complexity index is 828. The molecular formula is C19H31N7O7. The molecule has 0 aliphatic rings. The lowest BCUT2D eigenvalue weighted by atomic mass is 10.0. The lowest BCUT2D eigenvalue weighted by Gasteiger charge is -2.25. The van der Waals surface area contributed by atoms with Crippen molar-refractivity contribution >= 4 is 29.6 Å². The Morgan fingerprint density at radius 3 is 2.09 bits per heavy atom. The van der Waals surface area contributed by atoms with Crippen molar-refractivity contribution in [2.45, 2.75) is 57.3 Å². The van der Waals surface area contributed by atoms with Crippen LogP contribution < -0.4 is 27.4 Å². The number of H-pyrrole nitrogens is 1. The minimum Gasteiger partial charge on any atom is -0.480 e. The highest BCUT2D eigenvalue weighted by molar-refractivity contribution is 5.95. The number of carbonyl (C=O) groups excluding carboxylic acids is 4. The van der Waals surface area contributed by atoms with Crippen LogP contribution in [0.2, 0.25) is 0 Å². The van der Waals surface area contributed by atoms with Crippen LogP contribution in [0.4, 0.5) is 0 Å². The Labute approximate surface area is 189 Å². The van der Waals surface area contributed by atoms with Crippen LogP contribution in [0.15, 0.2) is 12.5 Å². The fourth-order valence-corrected chi connectivity index (χ4v) is 2.85. The van der Waals surface area contributed by atoms with Crippen LogP contribution in [-0.4, -0.2) is 80.6 Å². The number of aliphatic carboxylic acids is 1. The van der Waals surface area contributed by atoms with Gasteiger partial charge in [-0.1, -0.05) is 13.8 Å². The fourth-order valence-electron chi connectivity index (χ4n) is 2.85. The van der Waals surface area contributed by atoms with E-state index in [1.165, 1.54) is 12.5 Å².